The standard InChI is InChI=1S/C32H22N2/c1-3-12-24(13-4-1)34(25-14-5-2-6-15-25)31-26-16-8-7-11-22(26)21-23-18-19-27-28-17-9-10-20-33(28)32(34)30(27)29(23)31/h1-21,32H/q+2. The molecular formula is C32H22N2+2. The van der Waals surface area contributed by atoms with Crippen LogP contribution in [-0.4, -0.2) is 0 Å². The number of nitrogens with zero attached hydrogens (tertiary/aromatic N) is 2. The Kier molecular flexibility index (Phi) is 3.43. The number of pyridine rings is 1. The highest BCUT2D eigenvalue weighted by Gasteiger charge is 2.62. The number of hydrogen-bond donors (Lipinski definition) is 0. The van der Waals surface area contributed by atoms with Crippen LogP contribution >= 0.6 is 0 Å². The summed E-state index contributed by atoms with van der Waals surface area (Å²) >= 11 is 0. The maximum absolute atomic E-state index is 2.50. The zero-order valence-corrected chi connectivity index (χ0v) is 18.6. The van der Waals surface area contributed by atoms with Gasteiger partial charge in [-0.05, 0) is 35.0 Å². The molecule has 5 aromatic carbocycles. The molecule has 2 aliphatic rings. The van der Waals surface area contributed by atoms with E-state index in [4.69, 9.17) is 0 Å². The van der Waals surface area contributed by atoms with Crippen molar-refractivity contribution in [3.05, 3.63) is 133 Å². The summed E-state index contributed by atoms with van der Waals surface area (Å²) in [6.45, 7) is 0. The fourth-order valence-corrected chi connectivity index (χ4v) is 6.57. The number of fused-ring (bicyclic) bond motifs is 5. The van der Waals surface area contributed by atoms with Crippen LogP contribution < -0.4 is 9.05 Å². The van der Waals surface area contributed by atoms with Gasteiger partial charge in [0.15, 0.2) is 11.9 Å². The molecular weight excluding hydrogens is 412 g/mol. The second-order valence-electron chi connectivity index (χ2n) is 9.33. The molecule has 0 aliphatic carbocycles. The topological polar surface area (TPSA) is 3.88 Å². The first kappa shape index (κ1) is 18.2. The predicted molar refractivity (Wildman–Crippen MR) is 139 cm³/mol. The van der Waals surface area contributed by atoms with E-state index >= 15 is 0 Å². The molecule has 2 aliphatic heterocycles. The van der Waals surface area contributed by atoms with Gasteiger partial charge in [-0.2, -0.15) is 4.48 Å². The second kappa shape index (κ2) is 6.40. The van der Waals surface area contributed by atoms with Gasteiger partial charge >= 0.3 is 6.17 Å². The van der Waals surface area contributed by atoms with Crippen molar-refractivity contribution < 1.29 is 4.57 Å². The minimum atomic E-state index is 0.0977. The molecule has 0 spiro atoms. The molecule has 0 bridgehead atoms. The maximum atomic E-state index is 2.50. The fourth-order valence-electron chi connectivity index (χ4n) is 6.57. The Morgan fingerprint density at radius 2 is 1.26 bits per heavy atom. The van der Waals surface area contributed by atoms with Crippen molar-refractivity contribution >= 4 is 38.6 Å². The molecule has 0 fully saturated rings. The summed E-state index contributed by atoms with van der Waals surface area (Å²) < 4.78 is 3.15. The van der Waals surface area contributed by atoms with Crippen LogP contribution in [0.3, 0.4) is 0 Å². The minimum Gasteiger partial charge on any atom is -0.164 e. The van der Waals surface area contributed by atoms with E-state index in [1.807, 2.05) is 0 Å². The average Bonchev–Trinajstić information content (AvgIpc) is 3.42. The smallest absolute Gasteiger partial charge is 0.164 e. The highest BCUT2D eigenvalue weighted by atomic mass is 15.5. The Morgan fingerprint density at radius 1 is 0.588 bits per heavy atom. The van der Waals surface area contributed by atoms with Crippen LogP contribution in [0.5, 0.6) is 0 Å². The van der Waals surface area contributed by atoms with Crippen molar-refractivity contribution in [1.29, 1.82) is 0 Å². The Balaban J connectivity index is 1.69. The Labute approximate surface area is 198 Å². The van der Waals surface area contributed by atoms with Gasteiger partial charge in [0.1, 0.15) is 16.9 Å². The lowest BCUT2D eigenvalue weighted by atomic mass is 9.96. The molecule has 3 heterocycles. The summed E-state index contributed by atoms with van der Waals surface area (Å²) in [4.78, 5) is 0. The van der Waals surface area contributed by atoms with Crippen molar-refractivity contribution in [2.45, 2.75) is 6.17 Å². The number of benzene rings is 5. The monoisotopic (exact) mass is 434 g/mol. The van der Waals surface area contributed by atoms with Gasteiger partial charge < -0.3 is 0 Å². The van der Waals surface area contributed by atoms with Gasteiger partial charge in [-0.15, -0.1) is 4.57 Å². The van der Waals surface area contributed by atoms with Gasteiger partial charge in [0.2, 0.25) is 5.69 Å². The first-order chi connectivity index (χ1) is 16.9. The largest absolute Gasteiger partial charge is 0.327 e. The quantitative estimate of drug-likeness (QED) is 0.149. The molecule has 158 valence electrons. The van der Waals surface area contributed by atoms with E-state index in [-0.39, 0.29) is 6.17 Å². The number of rotatable bonds is 2. The van der Waals surface area contributed by atoms with Crippen molar-refractivity contribution in [3.8, 4) is 11.3 Å². The molecule has 1 aromatic heterocycles. The third-order valence-corrected chi connectivity index (χ3v) is 7.78. The molecule has 0 N–H and O–H groups in total. The van der Waals surface area contributed by atoms with Gasteiger partial charge in [0.05, 0.1) is 10.9 Å². The molecule has 0 radical (unpaired) electrons. The van der Waals surface area contributed by atoms with Crippen molar-refractivity contribution in [2.75, 3.05) is 0 Å². The van der Waals surface area contributed by atoms with Crippen LogP contribution in [0.4, 0.5) is 17.1 Å². The Morgan fingerprint density at radius 3 is 2.03 bits per heavy atom. The molecule has 2 nitrogen and oxygen atoms in total. The number of aromatic nitrogens is 1. The lowest BCUT2D eigenvalue weighted by Crippen LogP contribution is -2.54. The van der Waals surface area contributed by atoms with Crippen LogP contribution in [-0.2, 0) is 0 Å². The molecule has 1 unspecified atom stereocenters. The van der Waals surface area contributed by atoms with Gasteiger partial charge in [-0.3, -0.25) is 0 Å². The van der Waals surface area contributed by atoms with Crippen LogP contribution in [0.1, 0.15) is 11.7 Å². The third kappa shape index (κ3) is 2.03. The molecule has 2 heteroatoms. The van der Waals surface area contributed by atoms with Crippen LogP contribution in [0.15, 0.2) is 128 Å². The number of quaternary nitrogens is 1. The van der Waals surface area contributed by atoms with Crippen molar-refractivity contribution in [3.63, 3.8) is 0 Å². The summed E-state index contributed by atoms with van der Waals surface area (Å²) in [6.07, 6.45) is 2.36. The molecule has 6 aromatic rings. The van der Waals surface area contributed by atoms with Gasteiger partial charge in [0.25, 0.3) is 0 Å². The second-order valence-corrected chi connectivity index (χ2v) is 9.33. The predicted octanol–water partition coefficient (Wildman–Crippen LogP) is 7.79. The van der Waals surface area contributed by atoms with E-state index in [0.717, 1.165) is 0 Å². The maximum Gasteiger partial charge on any atom is 0.327 e. The molecule has 0 amide bonds. The number of hydrogen-bond acceptors (Lipinski definition) is 0. The SMILES string of the molecule is c1ccc([N+]2(c3ccccc3)c3c4ccccc4cc4ccc5c(c34)C2[n+]2ccccc2-5)cc1. The highest BCUT2D eigenvalue weighted by Crippen LogP contribution is 2.63. The zero-order chi connectivity index (χ0) is 22.3. The van der Waals surface area contributed by atoms with E-state index in [0.29, 0.717) is 4.48 Å². The fraction of sp³-hybridized carbons (Fsp3) is 0.0312. The first-order valence-electron chi connectivity index (χ1n) is 11.9. The lowest BCUT2D eigenvalue weighted by Gasteiger charge is -2.36. The van der Waals surface area contributed by atoms with E-state index in [2.05, 4.69) is 132 Å². The van der Waals surface area contributed by atoms with Gasteiger partial charge in [0, 0.05) is 41.8 Å². The van der Waals surface area contributed by atoms with Gasteiger partial charge in [-0.1, -0.05) is 60.7 Å². The highest BCUT2D eigenvalue weighted by molar-refractivity contribution is 6.17. The first-order valence-corrected chi connectivity index (χ1v) is 11.9. The summed E-state index contributed by atoms with van der Waals surface area (Å²) in [6, 6.07) is 44.6. The molecule has 0 saturated heterocycles. The van der Waals surface area contributed by atoms with Crippen LogP contribution in [0.25, 0.3) is 32.8 Å². The normalized spacial score (nSPS) is 16.8. The number of para-hydroxylation sites is 2. The minimum absolute atomic E-state index is 0.0977. The Hall–Kier alpha value is -4.27. The van der Waals surface area contributed by atoms with Crippen LogP contribution in [0.2, 0.25) is 0 Å². The Bertz CT molecular complexity index is 1710. The van der Waals surface area contributed by atoms with Crippen molar-refractivity contribution in [2.24, 2.45) is 0 Å². The molecule has 1 atom stereocenters. The summed E-state index contributed by atoms with van der Waals surface area (Å²) in [7, 11) is 0. The average molecular weight is 435 g/mol. The summed E-state index contributed by atoms with van der Waals surface area (Å²) in [5, 5.41) is 5.33. The summed E-state index contributed by atoms with van der Waals surface area (Å²) in [5.74, 6) is 0. The van der Waals surface area contributed by atoms with E-state index in [1.165, 1.54) is 55.4 Å². The third-order valence-electron chi connectivity index (χ3n) is 7.78. The zero-order valence-electron chi connectivity index (χ0n) is 18.6. The van der Waals surface area contributed by atoms with E-state index < -0.39 is 0 Å². The molecule has 34 heavy (non-hydrogen) atoms. The van der Waals surface area contributed by atoms with E-state index in [9.17, 15) is 0 Å². The van der Waals surface area contributed by atoms with Crippen molar-refractivity contribution in [1.82, 2.24) is 4.48 Å². The summed E-state index contributed by atoms with van der Waals surface area (Å²) in [5.41, 5.74) is 8.02. The van der Waals surface area contributed by atoms with Gasteiger partial charge in [-0.25, -0.2) is 0 Å². The lowest BCUT2D eigenvalue weighted by molar-refractivity contribution is -0.710. The van der Waals surface area contributed by atoms with Crippen LogP contribution in [0, 0.1) is 0 Å². The molecule has 0 saturated carbocycles. The van der Waals surface area contributed by atoms with E-state index in [1.54, 1.807) is 0 Å². The molecule has 8 rings (SSSR count).